The average molecular weight is 367 g/mol. The first-order valence-electron chi connectivity index (χ1n) is 7.83. The monoisotopic (exact) mass is 367 g/mol. The van der Waals surface area contributed by atoms with Gasteiger partial charge in [-0.25, -0.2) is 0 Å². The van der Waals surface area contributed by atoms with Crippen molar-refractivity contribution in [2.75, 3.05) is 11.9 Å². The fourth-order valence-electron chi connectivity index (χ4n) is 2.09. The summed E-state index contributed by atoms with van der Waals surface area (Å²) < 4.78 is 5.80. The molecule has 0 atom stereocenters. The summed E-state index contributed by atoms with van der Waals surface area (Å²) in [6.07, 6.45) is 0. The van der Waals surface area contributed by atoms with Crippen molar-refractivity contribution in [1.29, 1.82) is 0 Å². The molecule has 0 radical (unpaired) electrons. The Morgan fingerprint density at radius 1 is 1.04 bits per heavy atom. The van der Waals surface area contributed by atoms with Crippen molar-refractivity contribution in [1.82, 2.24) is 0 Å². The van der Waals surface area contributed by atoms with Crippen LogP contribution in [0.1, 0.15) is 4.88 Å². The van der Waals surface area contributed by atoms with Gasteiger partial charge in [0.2, 0.25) is 0 Å². The zero-order chi connectivity index (χ0) is 18.2. The van der Waals surface area contributed by atoms with Gasteiger partial charge in [-0.1, -0.05) is 41.6 Å². The van der Waals surface area contributed by atoms with Crippen LogP contribution in [0.5, 0.6) is 11.5 Å². The van der Waals surface area contributed by atoms with E-state index in [2.05, 4.69) is 10.5 Å². The van der Waals surface area contributed by atoms with Gasteiger partial charge in [0.15, 0.2) is 18.2 Å². The largest absolute Gasteiger partial charge is 0.455 e. The summed E-state index contributed by atoms with van der Waals surface area (Å²) in [6.45, 7) is -0.258. The summed E-state index contributed by atoms with van der Waals surface area (Å²) in [6, 6.07) is 20.2. The fraction of sp³-hybridized carbons (Fsp3) is 0.0526. The number of nitrogens with two attached hydrogens (primary N) is 1. The van der Waals surface area contributed by atoms with Crippen molar-refractivity contribution in [3.8, 4) is 11.5 Å². The molecule has 0 saturated carbocycles. The highest BCUT2D eigenvalue weighted by Crippen LogP contribution is 2.28. The number of carbonyl (C=O) groups excluding carboxylic acids is 1. The van der Waals surface area contributed by atoms with Crippen LogP contribution in [0.15, 0.2) is 77.3 Å². The number of oxime groups is 1. The minimum Gasteiger partial charge on any atom is -0.455 e. The van der Waals surface area contributed by atoms with Crippen molar-refractivity contribution in [3.05, 3.63) is 77.0 Å². The summed E-state index contributed by atoms with van der Waals surface area (Å²) in [4.78, 5) is 17.9. The summed E-state index contributed by atoms with van der Waals surface area (Å²) in [7, 11) is 0. The molecule has 1 aromatic heterocycles. The van der Waals surface area contributed by atoms with Crippen LogP contribution in [0, 0.1) is 0 Å². The van der Waals surface area contributed by atoms with Crippen molar-refractivity contribution < 1.29 is 14.4 Å². The summed E-state index contributed by atoms with van der Waals surface area (Å²) >= 11 is 1.44. The van der Waals surface area contributed by atoms with Gasteiger partial charge in [-0.3, -0.25) is 4.79 Å². The zero-order valence-corrected chi connectivity index (χ0v) is 14.6. The molecule has 0 spiro atoms. The van der Waals surface area contributed by atoms with Crippen LogP contribution < -0.4 is 15.8 Å². The number of hydrogen-bond donors (Lipinski definition) is 2. The number of para-hydroxylation sites is 3. The predicted molar refractivity (Wildman–Crippen MR) is 103 cm³/mol. The molecule has 0 aliphatic heterocycles. The summed E-state index contributed by atoms with van der Waals surface area (Å²) in [5.74, 6) is 1.09. The number of benzene rings is 2. The van der Waals surface area contributed by atoms with Gasteiger partial charge < -0.3 is 20.6 Å². The molecule has 2 aromatic carbocycles. The van der Waals surface area contributed by atoms with Gasteiger partial charge in [0.1, 0.15) is 5.75 Å². The molecule has 7 heteroatoms. The zero-order valence-electron chi connectivity index (χ0n) is 13.8. The molecule has 0 aliphatic rings. The second-order valence-electron chi connectivity index (χ2n) is 5.19. The molecule has 132 valence electrons. The molecule has 6 nitrogen and oxygen atoms in total. The molecule has 3 N–H and O–H groups in total. The van der Waals surface area contributed by atoms with E-state index < -0.39 is 0 Å². The molecule has 26 heavy (non-hydrogen) atoms. The van der Waals surface area contributed by atoms with E-state index in [1.165, 1.54) is 11.3 Å². The minimum absolute atomic E-state index is 0.237. The van der Waals surface area contributed by atoms with Crippen LogP contribution in [-0.2, 0) is 9.63 Å². The van der Waals surface area contributed by atoms with Gasteiger partial charge in [-0.2, -0.15) is 0 Å². The number of hydrogen-bond acceptors (Lipinski definition) is 5. The van der Waals surface area contributed by atoms with Crippen molar-refractivity contribution in [2.45, 2.75) is 0 Å². The Bertz CT molecular complexity index is 880. The Kier molecular flexibility index (Phi) is 5.84. The highest BCUT2D eigenvalue weighted by atomic mass is 32.1. The number of rotatable bonds is 7. The lowest BCUT2D eigenvalue weighted by Crippen LogP contribution is -2.19. The van der Waals surface area contributed by atoms with Crippen LogP contribution >= 0.6 is 11.3 Å². The Labute approximate surface area is 154 Å². The quantitative estimate of drug-likeness (QED) is 0.378. The van der Waals surface area contributed by atoms with E-state index in [1.807, 2.05) is 53.9 Å². The molecule has 3 rings (SSSR count). The van der Waals surface area contributed by atoms with Crippen LogP contribution in [0.4, 0.5) is 5.69 Å². The predicted octanol–water partition coefficient (Wildman–Crippen LogP) is 3.82. The maximum absolute atomic E-state index is 12.1. The number of carbonyl (C=O) groups is 1. The number of ether oxygens (including phenoxy) is 1. The number of thiophene rings is 1. The maximum atomic E-state index is 12.1. The molecule has 1 amide bonds. The highest BCUT2D eigenvalue weighted by Gasteiger charge is 2.09. The van der Waals surface area contributed by atoms with Gasteiger partial charge >= 0.3 is 0 Å². The summed E-state index contributed by atoms with van der Waals surface area (Å²) in [5, 5.41) is 8.38. The molecule has 0 fully saturated rings. The van der Waals surface area contributed by atoms with E-state index in [0.29, 0.717) is 17.2 Å². The van der Waals surface area contributed by atoms with E-state index in [0.717, 1.165) is 4.88 Å². The third-order valence-corrected chi connectivity index (χ3v) is 4.16. The molecule has 1 heterocycles. The molecular formula is C19H17N3O3S. The van der Waals surface area contributed by atoms with E-state index in [-0.39, 0.29) is 18.3 Å². The Morgan fingerprint density at radius 2 is 1.81 bits per heavy atom. The van der Waals surface area contributed by atoms with Gasteiger partial charge in [0.25, 0.3) is 5.91 Å². The molecule has 0 bridgehead atoms. The fourth-order valence-corrected chi connectivity index (χ4v) is 2.71. The summed E-state index contributed by atoms with van der Waals surface area (Å²) in [5.41, 5.74) is 6.31. The Balaban J connectivity index is 1.58. The highest BCUT2D eigenvalue weighted by molar-refractivity contribution is 7.12. The van der Waals surface area contributed by atoms with Crippen molar-refractivity contribution in [3.63, 3.8) is 0 Å². The number of amides is 1. The van der Waals surface area contributed by atoms with Gasteiger partial charge in [-0.15, -0.1) is 11.3 Å². The topological polar surface area (TPSA) is 85.9 Å². The molecule has 0 unspecified atom stereocenters. The van der Waals surface area contributed by atoms with Crippen LogP contribution in [0.2, 0.25) is 0 Å². The van der Waals surface area contributed by atoms with E-state index in [9.17, 15) is 4.79 Å². The number of nitrogens with zero attached hydrogens (tertiary/aromatic N) is 1. The van der Waals surface area contributed by atoms with E-state index in [1.54, 1.807) is 18.2 Å². The van der Waals surface area contributed by atoms with Gasteiger partial charge in [-0.05, 0) is 35.7 Å². The lowest BCUT2D eigenvalue weighted by atomic mass is 10.3. The second kappa shape index (κ2) is 8.68. The number of nitrogens with one attached hydrogen (secondary N) is 1. The molecular weight excluding hydrogens is 350 g/mol. The number of amidine groups is 1. The molecule has 0 aliphatic carbocycles. The van der Waals surface area contributed by atoms with E-state index >= 15 is 0 Å². The average Bonchev–Trinajstić information content (AvgIpc) is 3.19. The first-order chi connectivity index (χ1) is 12.7. The van der Waals surface area contributed by atoms with Crippen molar-refractivity contribution >= 4 is 28.8 Å². The smallest absolute Gasteiger partial charge is 0.265 e. The van der Waals surface area contributed by atoms with Crippen molar-refractivity contribution in [2.24, 2.45) is 10.9 Å². The molecule has 3 aromatic rings. The van der Waals surface area contributed by atoms with Crippen LogP contribution in [-0.4, -0.2) is 18.3 Å². The van der Waals surface area contributed by atoms with Crippen LogP contribution in [0.25, 0.3) is 0 Å². The van der Waals surface area contributed by atoms with Crippen LogP contribution in [0.3, 0.4) is 0 Å². The third-order valence-electron chi connectivity index (χ3n) is 3.26. The lowest BCUT2D eigenvalue weighted by Gasteiger charge is -2.11. The molecule has 0 saturated heterocycles. The first kappa shape index (κ1) is 17.5. The normalized spacial score (nSPS) is 11.0. The first-order valence-corrected chi connectivity index (χ1v) is 8.71. The standard InChI is InChI=1S/C19H17N3O3S/c20-19(17-11-6-12-26-17)22-24-13-18(23)21-15-9-4-5-10-16(15)25-14-7-2-1-3-8-14/h1-12H,13H2,(H2,20,22)(H,21,23). The Morgan fingerprint density at radius 3 is 2.58 bits per heavy atom. The minimum atomic E-state index is -0.364. The third kappa shape index (κ3) is 4.84. The SMILES string of the molecule is NC(=NOCC(=O)Nc1ccccc1Oc1ccccc1)c1cccs1. The van der Waals surface area contributed by atoms with Gasteiger partial charge in [0, 0.05) is 0 Å². The number of anilines is 1. The Hall–Kier alpha value is -3.32. The second-order valence-corrected chi connectivity index (χ2v) is 6.13. The lowest BCUT2D eigenvalue weighted by molar-refractivity contribution is -0.120. The van der Waals surface area contributed by atoms with Gasteiger partial charge in [0.05, 0.1) is 10.6 Å². The van der Waals surface area contributed by atoms with E-state index in [4.69, 9.17) is 15.3 Å². The maximum Gasteiger partial charge on any atom is 0.265 e.